The summed E-state index contributed by atoms with van der Waals surface area (Å²) in [6.45, 7) is 1.03. The van der Waals surface area contributed by atoms with E-state index in [9.17, 15) is 0 Å². The first-order chi connectivity index (χ1) is 6.84. The Morgan fingerprint density at radius 3 is 3.14 bits per heavy atom. The van der Waals surface area contributed by atoms with Crippen molar-refractivity contribution in [2.75, 3.05) is 29.1 Å². The van der Waals surface area contributed by atoms with Crippen molar-refractivity contribution in [1.29, 1.82) is 0 Å². The van der Waals surface area contributed by atoms with E-state index in [0.29, 0.717) is 5.69 Å². The van der Waals surface area contributed by atoms with Gasteiger partial charge in [-0.3, -0.25) is 0 Å². The summed E-state index contributed by atoms with van der Waals surface area (Å²) in [6, 6.07) is 3.80. The number of hydrogen-bond acceptors (Lipinski definition) is 4. The van der Waals surface area contributed by atoms with Gasteiger partial charge >= 0.3 is 0 Å². The third-order valence-corrected chi connectivity index (χ3v) is 3.61. The van der Waals surface area contributed by atoms with Gasteiger partial charge in [0.15, 0.2) is 0 Å². The Morgan fingerprint density at radius 1 is 1.57 bits per heavy atom. The summed E-state index contributed by atoms with van der Waals surface area (Å²) >= 11 is 2.04. The van der Waals surface area contributed by atoms with Crippen LogP contribution in [-0.4, -0.2) is 23.0 Å². The van der Waals surface area contributed by atoms with Crippen LogP contribution in [0.1, 0.15) is 6.42 Å². The van der Waals surface area contributed by atoms with Crippen molar-refractivity contribution in [3.8, 4) is 0 Å². The number of rotatable bonds is 3. The molecule has 1 saturated heterocycles. The second-order valence-corrected chi connectivity index (χ2v) is 4.74. The molecule has 1 aliphatic heterocycles. The van der Waals surface area contributed by atoms with Gasteiger partial charge in [-0.2, -0.15) is 11.8 Å². The monoisotopic (exact) mass is 209 g/mol. The Kier molecular flexibility index (Phi) is 3.14. The fourth-order valence-corrected chi connectivity index (χ4v) is 2.79. The number of nitrogens with two attached hydrogens (primary N) is 1. The largest absolute Gasteiger partial charge is 0.397 e. The van der Waals surface area contributed by atoms with Crippen LogP contribution in [0.15, 0.2) is 18.3 Å². The number of nitrogen functional groups attached to an aromatic ring is 1. The quantitative estimate of drug-likeness (QED) is 0.797. The highest BCUT2D eigenvalue weighted by Crippen LogP contribution is 2.23. The lowest BCUT2D eigenvalue weighted by molar-refractivity contribution is 0.630. The zero-order chi connectivity index (χ0) is 9.80. The van der Waals surface area contributed by atoms with E-state index in [1.807, 2.05) is 23.9 Å². The topological polar surface area (TPSA) is 50.9 Å². The van der Waals surface area contributed by atoms with Crippen LogP contribution >= 0.6 is 11.8 Å². The minimum Gasteiger partial charge on any atom is -0.397 e. The average molecular weight is 209 g/mol. The molecule has 1 fully saturated rings. The minimum absolute atomic E-state index is 0.715. The van der Waals surface area contributed by atoms with Gasteiger partial charge in [-0.1, -0.05) is 0 Å². The summed E-state index contributed by atoms with van der Waals surface area (Å²) in [5.74, 6) is 4.32. The van der Waals surface area contributed by atoms with Gasteiger partial charge in [-0.15, -0.1) is 0 Å². The number of hydrogen-bond donors (Lipinski definition) is 2. The third kappa shape index (κ3) is 2.54. The lowest BCUT2D eigenvalue weighted by Crippen LogP contribution is -2.14. The molecule has 0 spiro atoms. The molecule has 1 aromatic rings. The molecule has 1 atom stereocenters. The first kappa shape index (κ1) is 9.65. The number of pyridine rings is 1. The van der Waals surface area contributed by atoms with Gasteiger partial charge < -0.3 is 11.1 Å². The third-order valence-electron chi connectivity index (χ3n) is 2.38. The molecule has 0 amide bonds. The average Bonchev–Trinajstić information content (AvgIpc) is 2.70. The minimum atomic E-state index is 0.715. The number of nitrogens with one attached hydrogen (secondary N) is 1. The fraction of sp³-hybridized carbons (Fsp3) is 0.500. The lowest BCUT2D eigenvalue weighted by Gasteiger charge is -2.10. The lowest BCUT2D eigenvalue weighted by atomic mass is 10.1. The Labute approximate surface area is 88.5 Å². The Balaban J connectivity index is 1.82. The summed E-state index contributed by atoms with van der Waals surface area (Å²) in [7, 11) is 0. The molecule has 76 valence electrons. The van der Waals surface area contributed by atoms with Gasteiger partial charge in [-0.05, 0) is 36.0 Å². The highest BCUT2D eigenvalue weighted by molar-refractivity contribution is 7.99. The van der Waals surface area contributed by atoms with Gasteiger partial charge in [0.25, 0.3) is 0 Å². The first-order valence-corrected chi connectivity index (χ1v) is 6.03. The van der Waals surface area contributed by atoms with Crippen molar-refractivity contribution in [2.45, 2.75) is 6.42 Å². The normalized spacial score (nSPS) is 21.0. The van der Waals surface area contributed by atoms with Crippen LogP contribution in [0, 0.1) is 5.92 Å². The van der Waals surface area contributed by atoms with Crippen molar-refractivity contribution in [1.82, 2.24) is 4.98 Å². The molecule has 14 heavy (non-hydrogen) atoms. The molecule has 3 nitrogen and oxygen atoms in total. The van der Waals surface area contributed by atoms with Crippen molar-refractivity contribution >= 4 is 23.3 Å². The number of nitrogens with zero attached hydrogens (tertiary/aromatic N) is 1. The van der Waals surface area contributed by atoms with E-state index in [2.05, 4.69) is 10.3 Å². The SMILES string of the molecule is Nc1ccc(NCC2CCSC2)nc1. The van der Waals surface area contributed by atoms with Crippen molar-refractivity contribution in [3.63, 3.8) is 0 Å². The molecule has 3 N–H and O–H groups in total. The van der Waals surface area contributed by atoms with E-state index >= 15 is 0 Å². The van der Waals surface area contributed by atoms with E-state index in [-0.39, 0.29) is 0 Å². The molecule has 0 aromatic carbocycles. The number of thioether (sulfide) groups is 1. The van der Waals surface area contributed by atoms with Crippen LogP contribution in [0.5, 0.6) is 0 Å². The molecule has 1 aromatic heterocycles. The second kappa shape index (κ2) is 4.55. The number of anilines is 2. The van der Waals surface area contributed by atoms with Gasteiger partial charge in [0.1, 0.15) is 5.82 Å². The molecule has 0 bridgehead atoms. The molecule has 0 radical (unpaired) electrons. The van der Waals surface area contributed by atoms with Crippen LogP contribution in [0.25, 0.3) is 0 Å². The molecule has 0 saturated carbocycles. The molecule has 2 rings (SSSR count). The maximum absolute atomic E-state index is 5.55. The van der Waals surface area contributed by atoms with E-state index in [0.717, 1.165) is 18.3 Å². The number of aromatic nitrogens is 1. The second-order valence-electron chi connectivity index (χ2n) is 3.59. The van der Waals surface area contributed by atoms with Gasteiger partial charge in [-0.25, -0.2) is 4.98 Å². The maximum Gasteiger partial charge on any atom is 0.126 e. The summed E-state index contributed by atoms with van der Waals surface area (Å²) in [4.78, 5) is 4.20. The summed E-state index contributed by atoms with van der Waals surface area (Å²) < 4.78 is 0. The predicted molar refractivity (Wildman–Crippen MR) is 62.6 cm³/mol. The smallest absolute Gasteiger partial charge is 0.126 e. The Morgan fingerprint density at radius 2 is 2.50 bits per heavy atom. The standard InChI is InChI=1S/C10H15N3S/c11-9-1-2-10(13-6-9)12-5-8-3-4-14-7-8/h1-2,6,8H,3-5,7,11H2,(H,12,13). The first-order valence-electron chi connectivity index (χ1n) is 4.88. The molecule has 4 heteroatoms. The highest BCUT2D eigenvalue weighted by atomic mass is 32.2. The van der Waals surface area contributed by atoms with E-state index < -0.39 is 0 Å². The van der Waals surface area contributed by atoms with Crippen LogP contribution in [0.4, 0.5) is 11.5 Å². The zero-order valence-corrected chi connectivity index (χ0v) is 8.89. The molecular weight excluding hydrogens is 194 g/mol. The summed E-state index contributed by atoms with van der Waals surface area (Å²) in [6.07, 6.45) is 3.01. The molecule has 1 unspecified atom stereocenters. The van der Waals surface area contributed by atoms with E-state index in [1.54, 1.807) is 6.20 Å². The highest BCUT2D eigenvalue weighted by Gasteiger charge is 2.14. The Bertz CT molecular complexity index is 280. The summed E-state index contributed by atoms with van der Waals surface area (Å²) in [5.41, 5.74) is 6.27. The van der Waals surface area contributed by atoms with Gasteiger partial charge in [0.2, 0.25) is 0 Å². The van der Waals surface area contributed by atoms with E-state index in [4.69, 9.17) is 5.73 Å². The van der Waals surface area contributed by atoms with Crippen LogP contribution in [0.2, 0.25) is 0 Å². The summed E-state index contributed by atoms with van der Waals surface area (Å²) in [5, 5.41) is 3.33. The predicted octanol–water partition coefficient (Wildman–Crippen LogP) is 1.83. The van der Waals surface area contributed by atoms with Crippen LogP contribution in [0.3, 0.4) is 0 Å². The maximum atomic E-state index is 5.55. The zero-order valence-electron chi connectivity index (χ0n) is 8.07. The van der Waals surface area contributed by atoms with Gasteiger partial charge in [0.05, 0.1) is 11.9 Å². The van der Waals surface area contributed by atoms with Crippen molar-refractivity contribution in [3.05, 3.63) is 18.3 Å². The fourth-order valence-electron chi connectivity index (χ4n) is 1.50. The van der Waals surface area contributed by atoms with Crippen molar-refractivity contribution in [2.24, 2.45) is 5.92 Å². The van der Waals surface area contributed by atoms with E-state index in [1.165, 1.54) is 17.9 Å². The van der Waals surface area contributed by atoms with Gasteiger partial charge in [0, 0.05) is 6.54 Å². The molecule has 1 aliphatic rings. The van der Waals surface area contributed by atoms with Crippen molar-refractivity contribution < 1.29 is 0 Å². The van der Waals surface area contributed by atoms with Crippen LogP contribution in [-0.2, 0) is 0 Å². The molecule has 2 heterocycles. The molecular formula is C10H15N3S. The Hall–Kier alpha value is -0.900. The molecule has 0 aliphatic carbocycles. The van der Waals surface area contributed by atoms with Crippen LogP contribution < -0.4 is 11.1 Å².